The number of aryl methyl sites for hydroxylation is 1. The molecule has 5 rings (SSSR count). The molecule has 7 nitrogen and oxygen atoms in total. The van der Waals surface area contributed by atoms with E-state index < -0.39 is 34.8 Å². The summed E-state index contributed by atoms with van der Waals surface area (Å²) >= 11 is 9.84. The van der Waals surface area contributed by atoms with E-state index in [1.165, 1.54) is 12.1 Å². The number of nitrogens with one attached hydrogen (secondary N) is 2. The molecular weight excluding hydrogens is 615 g/mol. The van der Waals surface area contributed by atoms with Crippen molar-refractivity contribution >= 4 is 51.0 Å². The largest absolute Gasteiger partial charge is 0.476 e. The Morgan fingerprint density at radius 2 is 1.88 bits per heavy atom. The van der Waals surface area contributed by atoms with Crippen molar-refractivity contribution in [3.63, 3.8) is 0 Å². The maximum Gasteiger partial charge on any atom is 0.349 e. The molecule has 3 aromatic carbocycles. The molecule has 2 aliphatic heterocycles. The number of halogens is 3. The molecule has 0 aromatic heterocycles. The molecule has 1 fully saturated rings. The molecule has 214 valence electrons. The van der Waals surface area contributed by atoms with E-state index in [9.17, 15) is 18.8 Å². The van der Waals surface area contributed by atoms with Gasteiger partial charge in [-0.25, -0.2) is 9.18 Å². The van der Waals surface area contributed by atoms with Gasteiger partial charge in [0.05, 0.1) is 12.6 Å². The first-order valence-corrected chi connectivity index (χ1v) is 14.4. The molecule has 0 radical (unpaired) electrons. The normalized spacial score (nSPS) is 21.7. The highest BCUT2D eigenvalue weighted by molar-refractivity contribution is 9.10. The Hall–Kier alpha value is -3.43. The van der Waals surface area contributed by atoms with Crippen molar-refractivity contribution in [2.45, 2.75) is 57.1 Å². The highest BCUT2D eigenvalue weighted by atomic mass is 79.9. The Bertz CT molecular complexity index is 1580. The highest BCUT2D eigenvalue weighted by Crippen LogP contribution is 2.59. The number of anilines is 1. The van der Waals surface area contributed by atoms with Crippen LogP contribution in [0.1, 0.15) is 61.4 Å². The number of rotatable bonds is 6. The van der Waals surface area contributed by atoms with E-state index >= 15 is 0 Å². The maximum atomic E-state index is 14.7. The Morgan fingerprint density at radius 3 is 2.61 bits per heavy atom. The monoisotopic (exact) mass is 642 g/mol. The Labute approximate surface area is 250 Å². The molecule has 0 bridgehead atoms. The van der Waals surface area contributed by atoms with Crippen molar-refractivity contribution in [2.75, 3.05) is 11.9 Å². The maximum absolute atomic E-state index is 14.7. The second-order valence-corrected chi connectivity index (χ2v) is 12.1. The number of hydrogen-bond donors (Lipinski definition) is 2. The summed E-state index contributed by atoms with van der Waals surface area (Å²) in [5.41, 5.74) is 0.0485. The van der Waals surface area contributed by atoms with E-state index in [-0.39, 0.29) is 24.8 Å². The third-order valence-corrected chi connectivity index (χ3v) is 8.51. The molecule has 1 spiro atoms. The number of hydrogen-bond acceptors (Lipinski definition) is 5. The van der Waals surface area contributed by atoms with Gasteiger partial charge in [0.1, 0.15) is 17.0 Å². The zero-order chi connectivity index (χ0) is 29.7. The van der Waals surface area contributed by atoms with E-state index in [1.807, 2.05) is 6.92 Å². The van der Waals surface area contributed by atoms with E-state index in [2.05, 4.69) is 26.6 Å². The molecule has 0 saturated carbocycles. The quantitative estimate of drug-likeness (QED) is 0.299. The fraction of sp³-hybridized carbons (Fsp3) is 0.323. The first-order chi connectivity index (χ1) is 19.4. The molecule has 2 heterocycles. The van der Waals surface area contributed by atoms with E-state index in [0.717, 1.165) is 0 Å². The third-order valence-electron chi connectivity index (χ3n) is 7.78. The number of benzene rings is 3. The Kier molecular flexibility index (Phi) is 7.63. The molecule has 41 heavy (non-hydrogen) atoms. The number of piperidine rings is 1. The first-order valence-electron chi connectivity index (χ1n) is 13.2. The van der Waals surface area contributed by atoms with Gasteiger partial charge in [0.25, 0.3) is 0 Å². The average molecular weight is 644 g/mol. The minimum atomic E-state index is -1.42. The van der Waals surface area contributed by atoms with Crippen LogP contribution in [0.2, 0.25) is 5.02 Å². The fourth-order valence-electron chi connectivity index (χ4n) is 5.95. The summed E-state index contributed by atoms with van der Waals surface area (Å²) in [5, 5.41) is 6.41. The molecule has 2 amide bonds. The van der Waals surface area contributed by atoms with Gasteiger partial charge in [0, 0.05) is 33.1 Å². The van der Waals surface area contributed by atoms with Gasteiger partial charge in [-0.15, -0.1) is 0 Å². The summed E-state index contributed by atoms with van der Waals surface area (Å²) in [7, 11) is 0. The van der Waals surface area contributed by atoms with Crippen LogP contribution in [-0.2, 0) is 24.5 Å². The van der Waals surface area contributed by atoms with Crippen LogP contribution in [0, 0.1) is 12.7 Å². The van der Waals surface area contributed by atoms with Crippen LogP contribution in [0.25, 0.3) is 0 Å². The van der Waals surface area contributed by atoms with Crippen LogP contribution in [0.5, 0.6) is 5.75 Å². The summed E-state index contributed by atoms with van der Waals surface area (Å²) < 4.78 is 26.9. The lowest BCUT2D eigenvalue weighted by atomic mass is 9.59. The third kappa shape index (κ3) is 4.99. The van der Waals surface area contributed by atoms with Crippen LogP contribution in [0.4, 0.5) is 10.1 Å². The number of ether oxygens (including phenoxy) is 2. The molecule has 2 aliphatic rings. The molecule has 3 atom stereocenters. The van der Waals surface area contributed by atoms with Crippen molar-refractivity contribution in [3.8, 4) is 5.75 Å². The summed E-state index contributed by atoms with van der Waals surface area (Å²) in [5.74, 6) is -2.21. The number of carbonyl (C=O) groups is 3. The smallest absolute Gasteiger partial charge is 0.349 e. The van der Waals surface area contributed by atoms with E-state index in [0.29, 0.717) is 43.2 Å². The predicted molar refractivity (Wildman–Crippen MR) is 157 cm³/mol. The summed E-state index contributed by atoms with van der Waals surface area (Å²) in [6.07, 6.45) is -0.0764. The van der Waals surface area contributed by atoms with E-state index in [1.54, 1.807) is 63.2 Å². The predicted octanol–water partition coefficient (Wildman–Crippen LogP) is 6.51. The van der Waals surface area contributed by atoms with Crippen LogP contribution >= 0.6 is 27.5 Å². The lowest BCUT2D eigenvalue weighted by Gasteiger charge is -2.47. The Balaban J connectivity index is 1.78. The van der Waals surface area contributed by atoms with Crippen LogP contribution in [0.15, 0.2) is 59.1 Å². The van der Waals surface area contributed by atoms with Gasteiger partial charge in [-0.2, -0.15) is 0 Å². The lowest BCUT2D eigenvalue weighted by molar-refractivity contribution is -0.158. The lowest BCUT2D eigenvalue weighted by Crippen LogP contribution is -2.57. The number of amides is 2. The molecule has 10 heteroatoms. The Morgan fingerprint density at radius 1 is 1.12 bits per heavy atom. The van der Waals surface area contributed by atoms with Crippen LogP contribution < -0.4 is 15.4 Å². The minimum Gasteiger partial charge on any atom is -0.476 e. The van der Waals surface area contributed by atoms with Gasteiger partial charge in [0.15, 0.2) is 5.60 Å². The number of esters is 1. The highest BCUT2D eigenvalue weighted by Gasteiger charge is 2.62. The first kappa shape index (κ1) is 29.1. The van der Waals surface area contributed by atoms with Gasteiger partial charge in [-0.1, -0.05) is 39.7 Å². The molecule has 2 N–H and O–H groups in total. The molecule has 3 aromatic rings. The van der Waals surface area contributed by atoms with Gasteiger partial charge in [-0.05, 0) is 86.8 Å². The van der Waals surface area contributed by atoms with Crippen LogP contribution in [-0.4, -0.2) is 30.0 Å². The second-order valence-electron chi connectivity index (χ2n) is 10.8. The standard InChI is InChI=1S/C31H29BrClFN2O5/c1-5-40-29(39)30(3,4)41-25-11-7-17(32)12-21(25)23-15-26(37)36-27(20-14-19(34)9-6-16(20)2)31(23)22-10-8-18(33)13-24(22)35-28(31)38/h6-14,23,27H,5,15H2,1-4H3,(H,35,38)(H,36,37)/t23-,27+,31?/m1/s1. The molecule has 1 saturated heterocycles. The van der Waals surface area contributed by atoms with Crippen molar-refractivity contribution < 1.29 is 28.2 Å². The van der Waals surface area contributed by atoms with Gasteiger partial charge < -0.3 is 20.1 Å². The zero-order valence-corrected chi connectivity index (χ0v) is 25.3. The summed E-state index contributed by atoms with van der Waals surface area (Å²) in [6, 6.07) is 13.7. The van der Waals surface area contributed by atoms with Gasteiger partial charge >= 0.3 is 5.97 Å². The SMILES string of the molecule is CCOC(=O)C(C)(C)Oc1ccc(Br)cc1[C@H]1CC(=O)N[C@@H](c2cc(F)ccc2C)C12C(=O)Nc1cc(Cl)ccc12. The average Bonchev–Trinajstić information content (AvgIpc) is 3.18. The molecular formula is C31H29BrClFN2O5. The fourth-order valence-corrected chi connectivity index (χ4v) is 6.50. The van der Waals surface area contributed by atoms with Crippen molar-refractivity contribution in [1.82, 2.24) is 5.32 Å². The summed E-state index contributed by atoms with van der Waals surface area (Å²) in [4.78, 5) is 40.5. The van der Waals surface area contributed by atoms with Gasteiger partial charge in [-0.3, -0.25) is 9.59 Å². The number of fused-ring (bicyclic) bond motifs is 2. The summed E-state index contributed by atoms with van der Waals surface area (Å²) in [6.45, 7) is 6.89. The van der Waals surface area contributed by atoms with Gasteiger partial charge in [0.2, 0.25) is 11.8 Å². The molecule has 0 aliphatic carbocycles. The zero-order valence-electron chi connectivity index (χ0n) is 22.9. The second kappa shape index (κ2) is 10.8. The van der Waals surface area contributed by atoms with Crippen molar-refractivity contribution in [3.05, 3.63) is 92.2 Å². The minimum absolute atomic E-state index is 0.0764. The van der Waals surface area contributed by atoms with Crippen LogP contribution in [0.3, 0.4) is 0 Å². The van der Waals surface area contributed by atoms with Crippen molar-refractivity contribution in [1.29, 1.82) is 0 Å². The number of carbonyl (C=O) groups excluding carboxylic acids is 3. The van der Waals surface area contributed by atoms with Crippen molar-refractivity contribution in [2.24, 2.45) is 0 Å². The topological polar surface area (TPSA) is 93.7 Å². The molecule has 1 unspecified atom stereocenters. The van der Waals surface area contributed by atoms with E-state index in [4.69, 9.17) is 21.1 Å².